The van der Waals surface area contributed by atoms with Gasteiger partial charge in [-0.3, -0.25) is 9.59 Å². The molecule has 5 heteroatoms. The van der Waals surface area contributed by atoms with Crippen molar-refractivity contribution < 1.29 is 9.21 Å². The van der Waals surface area contributed by atoms with Gasteiger partial charge in [0, 0.05) is 16.6 Å². The molecule has 150 valence electrons. The number of rotatable bonds is 5. The van der Waals surface area contributed by atoms with Crippen molar-refractivity contribution in [3.8, 4) is 0 Å². The predicted molar refractivity (Wildman–Crippen MR) is 121 cm³/mol. The number of hydrogen-bond acceptors (Lipinski definition) is 3. The van der Waals surface area contributed by atoms with Gasteiger partial charge in [0.1, 0.15) is 5.58 Å². The highest BCUT2D eigenvalue weighted by Crippen LogP contribution is 2.18. The number of fused-ring (bicyclic) bond motifs is 1. The Hall–Kier alpha value is -3.18. The molecule has 4 aromatic rings. The Morgan fingerprint density at radius 3 is 2.43 bits per heavy atom. The zero-order valence-electron chi connectivity index (χ0n) is 16.5. The van der Waals surface area contributed by atoms with Gasteiger partial charge in [0.2, 0.25) is 0 Å². The molecule has 0 N–H and O–H groups in total. The van der Waals surface area contributed by atoms with E-state index >= 15 is 0 Å². The summed E-state index contributed by atoms with van der Waals surface area (Å²) in [7, 11) is 0. The van der Waals surface area contributed by atoms with Crippen molar-refractivity contribution in [1.82, 2.24) is 4.90 Å². The van der Waals surface area contributed by atoms with Crippen molar-refractivity contribution in [3.05, 3.63) is 116 Å². The van der Waals surface area contributed by atoms with Gasteiger partial charge in [-0.1, -0.05) is 57.9 Å². The third-order valence-electron chi connectivity index (χ3n) is 4.96. The summed E-state index contributed by atoms with van der Waals surface area (Å²) in [5.41, 5.74) is 3.43. The maximum atomic E-state index is 13.3. The third kappa shape index (κ3) is 4.36. The number of aryl methyl sites for hydroxylation is 1. The Kier molecular flexibility index (Phi) is 5.81. The molecule has 1 aromatic heterocycles. The fourth-order valence-corrected chi connectivity index (χ4v) is 3.64. The van der Waals surface area contributed by atoms with Crippen LogP contribution in [0.3, 0.4) is 0 Å². The Morgan fingerprint density at radius 1 is 0.967 bits per heavy atom. The van der Waals surface area contributed by atoms with Gasteiger partial charge in [0.25, 0.3) is 5.91 Å². The molecule has 0 fully saturated rings. The van der Waals surface area contributed by atoms with Gasteiger partial charge < -0.3 is 9.32 Å². The van der Waals surface area contributed by atoms with Gasteiger partial charge in [0.05, 0.1) is 23.8 Å². The summed E-state index contributed by atoms with van der Waals surface area (Å²) in [5.74, 6) is -0.143. The summed E-state index contributed by atoms with van der Waals surface area (Å²) in [6.45, 7) is 2.49. The molecule has 0 radical (unpaired) electrons. The first-order valence-corrected chi connectivity index (χ1v) is 10.4. The molecular weight excluding hydrogens is 442 g/mol. The van der Waals surface area contributed by atoms with E-state index in [1.54, 1.807) is 23.1 Å². The number of carbonyl (C=O) groups is 1. The quantitative estimate of drug-likeness (QED) is 0.382. The smallest absolute Gasteiger partial charge is 0.254 e. The van der Waals surface area contributed by atoms with Crippen LogP contribution in [0.2, 0.25) is 0 Å². The molecule has 30 heavy (non-hydrogen) atoms. The maximum absolute atomic E-state index is 13.3. The van der Waals surface area contributed by atoms with Crippen molar-refractivity contribution in [2.75, 3.05) is 0 Å². The number of hydrogen-bond donors (Lipinski definition) is 0. The van der Waals surface area contributed by atoms with E-state index in [9.17, 15) is 9.59 Å². The molecule has 0 aliphatic heterocycles. The first-order valence-electron chi connectivity index (χ1n) is 9.61. The van der Waals surface area contributed by atoms with Crippen molar-refractivity contribution in [2.45, 2.75) is 20.0 Å². The highest BCUT2D eigenvalue weighted by Gasteiger charge is 2.19. The first kappa shape index (κ1) is 20.1. The van der Waals surface area contributed by atoms with E-state index in [0.717, 1.165) is 15.6 Å². The highest BCUT2D eigenvalue weighted by atomic mass is 79.9. The molecule has 0 aliphatic rings. The van der Waals surface area contributed by atoms with E-state index in [1.807, 2.05) is 61.5 Å². The van der Waals surface area contributed by atoms with Crippen LogP contribution in [0.1, 0.15) is 27.0 Å². The lowest BCUT2D eigenvalue weighted by atomic mass is 10.1. The van der Waals surface area contributed by atoms with Crippen LogP contribution in [0, 0.1) is 6.92 Å². The first-order chi connectivity index (χ1) is 14.5. The van der Waals surface area contributed by atoms with E-state index in [4.69, 9.17) is 4.42 Å². The van der Waals surface area contributed by atoms with Gasteiger partial charge in [-0.2, -0.15) is 0 Å². The second kappa shape index (κ2) is 8.67. The lowest BCUT2D eigenvalue weighted by Crippen LogP contribution is -2.32. The number of amides is 1. The maximum Gasteiger partial charge on any atom is 0.254 e. The Morgan fingerprint density at radius 2 is 1.70 bits per heavy atom. The zero-order chi connectivity index (χ0) is 21.1. The van der Waals surface area contributed by atoms with Gasteiger partial charge in [-0.15, -0.1) is 0 Å². The molecule has 0 bridgehead atoms. The van der Waals surface area contributed by atoms with Crippen molar-refractivity contribution in [1.29, 1.82) is 0 Å². The van der Waals surface area contributed by atoms with Crippen LogP contribution in [0.15, 0.2) is 92.7 Å². The summed E-state index contributed by atoms with van der Waals surface area (Å²) < 4.78 is 6.59. The van der Waals surface area contributed by atoms with Crippen molar-refractivity contribution in [2.24, 2.45) is 0 Å². The minimum absolute atomic E-state index is 0.110. The molecule has 4 nitrogen and oxygen atoms in total. The molecule has 3 aromatic carbocycles. The largest absolute Gasteiger partial charge is 0.464 e. The minimum Gasteiger partial charge on any atom is -0.464 e. The normalized spacial score (nSPS) is 10.9. The topological polar surface area (TPSA) is 50.5 Å². The number of carbonyl (C=O) groups excluding carboxylic acids is 1. The number of benzene rings is 3. The van der Waals surface area contributed by atoms with Crippen LogP contribution in [0.4, 0.5) is 0 Å². The average molecular weight is 462 g/mol. The predicted octanol–water partition coefficient (Wildman–Crippen LogP) is 5.71. The Labute approximate surface area is 182 Å². The van der Waals surface area contributed by atoms with Gasteiger partial charge in [-0.25, -0.2) is 0 Å². The van der Waals surface area contributed by atoms with E-state index < -0.39 is 0 Å². The SMILES string of the molecule is Cc1ccc2occ(CN(Cc3ccccc3)C(=O)c3ccc(Br)cc3)c(=O)c2c1. The van der Waals surface area contributed by atoms with Crippen LogP contribution < -0.4 is 5.43 Å². The van der Waals surface area contributed by atoms with E-state index in [1.165, 1.54) is 6.26 Å². The molecule has 0 spiro atoms. The molecule has 4 rings (SSSR count). The third-order valence-corrected chi connectivity index (χ3v) is 5.48. The van der Waals surface area contributed by atoms with Gasteiger partial charge in [-0.05, 0) is 48.9 Å². The second-order valence-electron chi connectivity index (χ2n) is 7.24. The molecule has 1 heterocycles. The van der Waals surface area contributed by atoms with Crippen LogP contribution in [-0.2, 0) is 13.1 Å². The van der Waals surface area contributed by atoms with Crippen LogP contribution in [0.5, 0.6) is 0 Å². The standard InChI is InChI=1S/C25H20BrNO3/c1-17-7-12-23-22(13-17)24(28)20(16-30-23)15-27(14-18-5-3-2-4-6-18)25(29)19-8-10-21(26)11-9-19/h2-13,16H,14-15H2,1H3. The highest BCUT2D eigenvalue weighted by molar-refractivity contribution is 9.10. The summed E-state index contributed by atoms with van der Waals surface area (Å²) in [4.78, 5) is 28.0. The van der Waals surface area contributed by atoms with Gasteiger partial charge in [0.15, 0.2) is 5.43 Å². The van der Waals surface area contributed by atoms with Crippen LogP contribution >= 0.6 is 15.9 Å². The van der Waals surface area contributed by atoms with Crippen molar-refractivity contribution in [3.63, 3.8) is 0 Å². The summed E-state index contributed by atoms with van der Waals surface area (Å²) in [6, 6.07) is 22.5. The molecule has 0 saturated heterocycles. The minimum atomic E-state index is -0.143. The average Bonchev–Trinajstić information content (AvgIpc) is 2.76. The molecule has 0 aliphatic carbocycles. The molecule has 0 atom stereocenters. The van der Waals surface area contributed by atoms with E-state index in [2.05, 4.69) is 15.9 Å². The summed E-state index contributed by atoms with van der Waals surface area (Å²) >= 11 is 3.40. The lowest BCUT2D eigenvalue weighted by Gasteiger charge is -2.23. The lowest BCUT2D eigenvalue weighted by molar-refractivity contribution is 0.0729. The van der Waals surface area contributed by atoms with E-state index in [-0.39, 0.29) is 17.9 Å². The second-order valence-corrected chi connectivity index (χ2v) is 8.16. The van der Waals surface area contributed by atoms with Crippen LogP contribution in [-0.4, -0.2) is 10.8 Å². The van der Waals surface area contributed by atoms with E-state index in [0.29, 0.717) is 28.6 Å². The van der Waals surface area contributed by atoms with Crippen LogP contribution in [0.25, 0.3) is 11.0 Å². The Balaban J connectivity index is 1.71. The fourth-order valence-electron chi connectivity index (χ4n) is 3.38. The monoisotopic (exact) mass is 461 g/mol. The number of nitrogens with zero attached hydrogens (tertiary/aromatic N) is 1. The summed E-state index contributed by atoms with van der Waals surface area (Å²) in [5, 5.41) is 0.531. The van der Waals surface area contributed by atoms with Gasteiger partial charge >= 0.3 is 0 Å². The fraction of sp³-hybridized carbons (Fsp3) is 0.120. The molecule has 1 amide bonds. The zero-order valence-corrected chi connectivity index (χ0v) is 18.1. The Bertz CT molecular complexity index is 1250. The number of halogens is 1. The summed E-state index contributed by atoms with van der Waals surface area (Å²) in [6.07, 6.45) is 1.47. The van der Waals surface area contributed by atoms with Crippen molar-refractivity contribution >= 4 is 32.8 Å². The molecule has 0 unspecified atom stereocenters. The molecular formula is C25H20BrNO3. The molecule has 0 saturated carbocycles.